The molecule has 21 heteroatoms. The van der Waals surface area contributed by atoms with Crippen LogP contribution in [0.4, 0.5) is 0 Å². The minimum atomic E-state index is -3.41. The molecule has 0 radical (unpaired) electrons. The number of carbonyl (C=O) groups is 7. The Morgan fingerprint density at radius 3 is 2.39 bits per heavy atom. The summed E-state index contributed by atoms with van der Waals surface area (Å²) in [5.41, 5.74) is -0.244. The first kappa shape index (κ1) is 48.3. The molecule has 348 valence electrons. The predicted octanol–water partition coefficient (Wildman–Crippen LogP) is -0.304. The quantitative estimate of drug-likeness (QED) is 0.0603. The molecule has 2 saturated carbocycles. The van der Waals surface area contributed by atoms with E-state index in [1.54, 1.807) is 11.8 Å². The molecule has 6 fully saturated rings. The number of piperidine rings is 1. The van der Waals surface area contributed by atoms with Crippen molar-refractivity contribution >= 4 is 63.1 Å². The lowest BCUT2D eigenvalue weighted by atomic mass is 9.78. The van der Waals surface area contributed by atoms with E-state index in [0.29, 0.717) is 83.4 Å². The third-order valence-electron chi connectivity index (χ3n) is 13.2. The number of likely N-dealkylation sites (tertiary alicyclic amines) is 1. The van der Waals surface area contributed by atoms with Crippen molar-refractivity contribution in [3.8, 4) is 0 Å². The third-order valence-corrected chi connectivity index (χ3v) is 15.6. The van der Waals surface area contributed by atoms with Gasteiger partial charge >= 0.3 is 0 Å². The fourth-order valence-electron chi connectivity index (χ4n) is 9.65. The van der Waals surface area contributed by atoms with Gasteiger partial charge in [-0.15, -0.1) is 11.8 Å². The number of nitrogens with one attached hydrogen (secondary N) is 6. The molecule has 4 aliphatic heterocycles. The lowest BCUT2D eigenvalue weighted by molar-refractivity contribution is -0.151. The molecular weight excluding hydrogens is 845 g/mol. The minimum Gasteiger partial charge on any atom is -0.379 e. The molecule has 7 amide bonds. The molecular formula is C41H66N8O11S2. The first-order valence-corrected chi connectivity index (χ1v) is 25.5. The van der Waals surface area contributed by atoms with Crippen molar-refractivity contribution in [2.75, 3.05) is 64.6 Å². The monoisotopic (exact) mass is 910 g/mol. The Hall–Kier alpha value is -3.21. The maximum atomic E-state index is 13.5. The molecule has 6 N–H and O–H groups in total. The van der Waals surface area contributed by atoms with Crippen LogP contribution in [0, 0.1) is 23.7 Å². The van der Waals surface area contributed by atoms with E-state index in [4.69, 9.17) is 9.47 Å². The molecule has 4 saturated heterocycles. The van der Waals surface area contributed by atoms with Crippen LogP contribution < -0.4 is 31.9 Å². The number of unbranched alkanes of at least 4 members (excludes halogenated alkanes) is 1. The van der Waals surface area contributed by atoms with Crippen molar-refractivity contribution < 1.29 is 51.5 Å². The highest BCUT2D eigenvalue weighted by Crippen LogP contribution is 2.40. The van der Waals surface area contributed by atoms with E-state index in [9.17, 15) is 42.0 Å². The van der Waals surface area contributed by atoms with Crippen LogP contribution in [0.5, 0.6) is 0 Å². The molecule has 0 spiro atoms. The zero-order valence-electron chi connectivity index (χ0n) is 35.9. The lowest BCUT2D eigenvalue weighted by Gasteiger charge is -2.29. The van der Waals surface area contributed by atoms with Crippen molar-refractivity contribution in [2.45, 2.75) is 126 Å². The second-order valence-electron chi connectivity index (χ2n) is 17.6. The van der Waals surface area contributed by atoms with Crippen LogP contribution in [0.3, 0.4) is 0 Å². The molecule has 0 aromatic carbocycles. The summed E-state index contributed by atoms with van der Waals surface area (Å²) in [5, 5.41) is 18.1. The topological polar surface area (TPSA) is 251 Å². The van der Waals surface area contributed by atoms with Crippen molar-refractivity contribution in [3.63, 3.8) is 0 Å². The molecule has 0 aromatic heterocycles. The van der Waals surface area contributed by atoms with E-state index in [0.717, 1.165) is 23.3 Å². The molecule has 62 heavy (non-hydrogen) atoms. The number of rotatable bonds is 22. The Morgan fingerprint density at radius 2 is 1.65 bits per heavy atom. The fraction of sp³-hybridized carbons (Fsp3) is 0.829. The lowest BCUT2D eigenvalue weighted by Crippen LogP contribution is -2.54. The first-order chi connectivity index (χ1) is 29.8. The number of imide groups is 2. The Morgan fingerprint density at radius 1 is 0.887 bits per heavy atom. The van der Waals surface area contributed by atoms with Gasteiger partial charge in [-0.3, -0.25) is 49.1 Å². The summed E-state index contributed by atoms with van der Waals surface area (Å²) >= 11 is 1.67. The number of sulfonamides is 1. The summed E-state index contributed by atoms with van der Waals surface area (Å²) in [4.78, 5) is 90.4. The number of nitrogens with zero attached hydrogens (tertiary/aromatic N) is 2. The summed E-state index contributed by atoms with van der Waals surface area (Å²) in [5.74, 6) is -2.31. The predicted molar refractivity (Wildman–Crippen MR) is 228 cm³/mol. The van der Waals surface area contributed by atoms with E-state index in [2.05, 4.69) is 31.9 Å². The largest absolute Gasteiger partial charge is 0.379 e. The normalized spacial score (nSPS) is 29.0. The summed E-state index contributed by atoms with van der Waals surface area (Å²) < 4.78 is 36.6. The van der Waals surface area contributed by atoms with E-state index in [1.165, 1.54) is 36.4 Å². The second-order valence-corrected chi connectivity index (χ2v) is 20.7. The molecule has 2 aliphatic carbocycles. The Kier molecular flexibility index (Phi) is 18.0. The van der Waals surface area contributed by atoms with Crippen LogP contribution in [0.25, 0.3) is 0 Å². The van der Waals surface area contributed by atoms with Crippen molar-refractivity contribution in [3.05, 3.63) is 0 Å². The SMILES string of the molecule is CS(=O)(=O)N1CCC(C(=O)N[C@@H](CCCCNC(=O)CCOCCOCCNC2CCC3C(=O)N(C4CCC(=O)NC4=O)C(=O)C3C2)C(=O)NC2NC(C3CCCCC3)CS2)C1. The zero-order chi connectivity index (χ0) is 44.2. The number of fused-ring (bicyclic) bond motifs is 1. The highest BCUT2D eigenvalue weighted by Gasteiger charge is 2.54. The number of thioether (sulfide) groups is 1. The van der Waals surface area contributed by atoms with Gasteiger partial charge in [-0.2, -0.15) is 0 Å². The zero-order valence-corrected chi connectivity index (χ0v) is 37.5. The van der Waals surface area contributed by atoms with Crippen LogP contribution in [0.15, 0.2) is 0 Å². The average molecular weight is 911 g/mol. The number of amides is 7. The summed E-state index contributed by atoms with van der Waals surface area (Å²) in [6.45, 7) is 2.60. The van der Waals surface area contributed by atoms with Gasteiger partial charge in [0, 0.05) is 56.9 Å². The second kappa shape index (κ2) is 23.1. The molecule has 19 nitrogen and oxygen atoms in total. The number of carbonyl (C=O) groups excluding carboxylic acids is 7. The van der Waals surface area contributed by atoms with Gasteiger partial charge in [0.25, 0.3) is 0 Å². The van der Waals surface area contributed by atoms with E-state index < -0.39 is 51.7 Å². The minimum absolute atomic E-state index is 0.0332. The standard InChI is InChI=1S/C41H66N8O11S2/c1-62(57,58)48-18-14-27(24-48)36(52)44-31(37(53)47-41-45-32(25-61-41)26-7-3-2-4-8-26)9-5-6-16-43-34(50)15-19-59-21-22-60-20-17-42-28-10-11-29-30(23-28)40(56)49(39(29)55)33-12-13-35(51)46-38(33)54/h26-33,41-42,45H,2-25H2,1H3,(H,43,50)(H,44,52)(H,47,53)(H,46,51,54)/t27?,28?,29?,30?,31-,32?,33?,41?/m0/s1. The average Bonchev–Trinajstić information content (AvgIpc) is 3.99. The highest BCUT2D eigenvalue weighted by molar-refractivity contribution is 8.00. The van der Waals surface area contributed by atoms with E-state index in [1.807, 2.05) is 0 Å². The van der Waals surface area contributed by atoms with Gasteiger partial charge in [-0.25, -0.2) is 12.7 Å². The van der Waals surface area contributed by atoms with Crippen LogP contribution in [0.2, 0.25) is 0 Å². The van der Waals surface area contributed by atoms with Gasteiger partial charge in [0.1, 0.15) is 17.6 Å². The van der Waals surface area contributed by atoms with Crippen LogP contribution in [-0.4, -0.2) is 153 Å². The molecule has 6 rings (SSSR count). The molecule has 6 aliphatic rings. The van der Waals surface area contributed by atoms with Gasteiger partial charge < -0.3 is 30.7 Å². The van der Waals surface area contributed by atoms with Gasteiger partial charge in [0.15, 0.2) is 0 Å². The summed E-state index contributed by atoms with van der Waals surface area (Å²) in [7, 11) is -3.41. The van der Waals surface area contributed by atoms with Crippen LogP contribution >= 0.6 is 11.8 Å². The summed E-state index contributed by atoms with van der Waals surface area (Å²) in [6, 6.07) is -1.34. The Bertz CT molecular complexity index is 1730. The first-order valence-electron chi connectivity index (χ1n) is 22.6. The number of hydrogen-bond acceptors (Lipinski definition) is 14. The molecule has 8 atom stereocenters. The molecule has 4 heterocycles. The number of ether oxygens (including phenoxy) is 2. The highest BCUT2D eigenvalue weighted by atomic mass is 32.2. The third kappa shape index (κ3) is 13.4. The van der Waals surface area contributed by atoms with E-state index in [-0.39, 0.29) is 80.0 Å². The Labute approximate surface area is 368 Å². The maximum absolute atomic E-state index is 13.5. The van der Waals surface area contributed by atoms with Gasteiger partial charge in [0.2, 0.25) is 51.4 Å². The van der Waals surface area contributed by atoms with Crippen LogP contribution in [-0.2, 0) is 53.1 Å². The van der Waals surface area contributed by atoms with Gasteiger partial charge in [0.05, 0.1) is 50.4 Å². The number of hydrogen-bond donors (Lipinski definition) is 6. The molecule has 0 bridgehead atoms. The van der Waals surface area contributed by atoms with Gasteiger partial charge in [-0.05, 0) is 70.1 Å². The van der Waals surface area contributed by atoms with Crippen molar-refractivity contribution in [1.29, 1.82) is 0 Å². The molecule has 7 unspecified atom stereocenters. The smallest absolute Gasteiger partial charge is 0.249 e. The summed E-state index contributed by atoms with van der Waals surface area (Å²) in [6.07, 6.45) is 11.4. The molecule has 0 aromatic rings. The fourth-order valence-corrected chi connectivity index (χ4v) is 11.8. The Balaban J connectivity index is 0.810. The van der Waals surface area contributed by atoms with Crippen molar-refractivity contribution in [1.82, 2.24) is 41.1 Å². The van der Waals surface area contributed by atoms with Gasteiger partial charge in [-0.1, -0.05) is 19.3 Å². The van der Waals surface area contributed by atoms with Crippen molar-refractivity contribution in [2.24, 2.45) is 23.7 Å². The van der Waals surface area contributed by atoms with Crippen LogP contribution in [0.1, 0.15) is 96.3 Å². The van der Waals surface area contributed by atoms with E-state index >= 15 is 0 Å². The maximum Gasteiger partial charge on any atom is 0.249 e.